The molecular formula is C15H14IN3O2. The molecule has 0 unspecified atom stereocenters. The number of nitrogens with one attached hydrogen (secondary N) is 1. The number of halogens is 1. The van der Waals surface area contributed by atoms with Crippen molar-refractivity contribution in [1.82, 2.24) is 4.98 Å². The maximum absolute atomic E-state index is 11.9. The molecule has 0 saturated heterocycles. The third-order valence-electron chi connectivity index (χ3n) is 2.58. The number of carbonyl (C=O) groups is 1. The van der Waals surface area contributed by atoms with Gasteiger partial charge < -0.3 is 4.74 Å². The van der Waals surface area contributed by atoms with Gasteiger partial charge in [0.2, 0.25) is 0 Å². The molecule has 6 heteroatoms. The number of aromatic nitrogens is 1. The topological polar surface area (TPSA) is 75.0 Å². The number of benzene rings is 1. The highest BCUT2D eigenvalue weighted by Gasteiger charge is 2.18. The molecule has 2 rings (SSSR count). The monoisotopic (exact) mass is 395 g/mol. The molecule has 0 radical (unpaired) electrons. The lowest BCUT2D eigenvalue weighted by Gasteiger charge is -2.20. The zero-order valence-corrected chi connectivity index (χ0v) is 14.1. The van der Waals surface area contributed by atoms with Gasteiger partial charge in [-0.2, -0.15) is 5.26 Å². The Hall–Kier alpha value is -1.88. The molecule has 108 valence electrons. The third kappa shape index (κ3) is 3.82. The van der Waals surface area contributed by atoms with Crippen molar-refractivity contribution in [1.29, 1.82) is 5.26 Å². The van der Waals surface area contributed by atoms with E-state index in [1.54, 1.807) is 20.8 Å². The van der Waals surface area contributed by atoms with Crippen LogP contribution in [0.4, 0.5) is 10.5 Å². The molecule has 0 aliphatic rings. The van der Waals surface area contributed by atoms with Crippen LogP contribution in [0.15, 0.2) is 24.4 Å². The summed E-state index contributed by atoms with van der Waals surface area (Å²) in [7, 11) is 0. The maximum atomic E-state index is 11.9. The number of amides is 1. The van der Waals surface area contributed by atoms with Crippen LogP contribution in [-0.4, -0.2) is 16.7 Å². The highest BCUT2D eigenvalue weighted by molar-refractivity contribution is 14.1. The molecule has 1 amide bonds. The summed E-state index contributed by atoms with van der Waals surface area (Å²) >= 11 is 2.18. The van der Waals surface area contributed by atoms with E-state index < -0.39 is 11.7 Å². The second kappa shape index (κ2) is 5.85. The Kier molecular flexibility index (Phi) is 4.32. The number of ether oxygens (including phenoxy) is 1. The van der Waals surface area contributed by atoms with E-state index in [0.717, 1.165) is 3.57 Å². The van der Waals surface area contributed by atoms with Gasteiger partial charge in [0.25, 0.3) is 0 Å². The van der Waals surface area contributed by atoms with E-state index in [1.807, 2.05) is 24.3 Å². The molecule has 0 spiro atoms. The van der Waals surface area contributed by atoms with Gasteiger partial charge in [0.1, 0.15) is 11.7 Å². The Morgan fingerprint density at radius 1 is 1.43 bits per heavy atom. The predicted molar refractivity (Wildman–Crippen MR) is 89.0 cm³/mol. The normalized spacial score (nSPS) is 11.0. The molecule has 1 aromatic carbocycles. The number of anilines is 1. The van der Waals surface area contributed by atoms with Crippen LogP contribution in [-0.2, 0) is 4.74 Å². The zero-order valence-electron chi connectivity index (χ0n) is 11.9. The number of hydrogen-bond donors (Lipinski definition) is 1. The SMILES string of the molecule is CC(C)(C)OC(=O)Nc1c(C#N)cnc2cc(I)ccc12. The van der Waals surface area contributed by atoms with E-state index in [0.29, 0.717) is 22.2 Å². The van der Waals surface area contributed by atoms with Crippen LogP contribution in [0, 0.1) is 14.9 Å². The lowest BCUT2D eigenvalue weighted by atomic mass is 10.1. The Morgan fingerprint density at radius 3 is 2.76 bits per heavy atom. The summed E-state index contributed by atoms with van der Waals surface area (Å²) in [5, 5.41) is 12.6. The summed E-state index contributed by atoms with van der Waals surface area (Å²) in [6.07, 6.45) is 0.857. The zero-order chi connectivity index (χ0) is 15.6. The van der Waals surface area contributed by atoms with E-state index >= 15 is 0 Å². The molecule has 0 atom stereocenters. The van der Waals surface area contributed by atoms with E-state index in [4.69, 9.17) is 4.74 Å². The summed E-state index contributed by atoms with van der Waals surface area (Å²) in [6, 6.07) is 7.65. The Bertz CT molecular complexity index is 745. The van der Waals surface area contributed by atoms with Gasteiger partial charge in [0.05, 0.1) is 16.8 Å². The summed E-state index contributed by atoms with van der Waals surface area (Å²) in [5.41, 5.74) is 0.837. The van der Waals surface area contributed by atoms with Gasteiger partial charge in [-0.3, -0.25) is 10.3 Å². The molecule has 0 aliphatic carbocycles. The van der Waals surface area contributed by atoms with Crippen LogP contribution in [0.5, 0.6) is 0 Å². The number of nitrogens with zero attached hydrogens (tertiary/aromatic N) is 2. The molecule has 1 heterocycles. The van der Waals surface area contributed by atoms with E-state index in [-0.39, 0.29) is 0 Å². The van der Waals surface area contributed by atoms with Crippen molar-refractivity contribution in [2.45, 2.75) is 26.4 Å². The van der Waals surface area contributed by atoms with E-state index in [1.165, 1.54) is 6.20 Å². The van der Waals surface area contributed by atoms with Crippen molar-refractivity contribution in [3.63, 3.8) is 0 Å². The van der Waals surface area contributed by atoms with Gasteiger partial charge in [-0.05, 0) is 61.6 Å². The minimum Gasteiger partial charge on any atom is -0.444 e. The number of rotatable bonds is 1. The van der Waals surface area contributed by atoms with E-state index in [9.17, 15) is 10.1 Å². The standard InChI is InChI=1S/C15H14IN3O2/c1-15(2,3)21-14(20)19-13-9(7-17)8-18-12-6-10(16)4-5-11(12)13/h4-6,8H,1-3H3,(H,18,19,20). The fourth-order valence-corrected chi connectivity index (χ4v) is 2.27. The minimum absolute atomic E-state index is 0.301. The highest BCUT2D eigenvalue weighted by atomic mass is 127. The summed E-state index contributed by atoms with van der Waals surface area (Å²) < 4.78 is 6.26. The van der Waals surface area contributed by atoms with Crippen LogP contribution >= 0.6 is 22.6 Å². The number of carbonyl (C=O) groups excluding carboxylic acids is 1. The summed E-state index contributed by atoms with van der Waals surface area (Å²) in [4.78, 5) is 16.2. The highest BCUT2D eigenvalue weighted by Crippen LogP contribution is 2.27. The van der Waals surface area contributed by atoms with Crippen molar-refractivity contribution in [3.8, 4) is 6.07 Å². The first-order valence-electron chi connectivity index (χ1n) is 6.28. The van der Waals surface area contributed by atoms with Crippen LogP contribution in [0.3, 0.4) is 0 Å². The Labute approximate surface area is 136 Å². The van der Waals surface area contributed by atoms with Gasteiger partial charge in [-0.1, -0.05) is 0 Å². The maximum Gasteiger partial charge on any atom is 0.412 e. The fraction of sp³-hybridized carbons (Fsp3) is 0.267. The molecule has 1 N–H and O–H groups in total. The Balaban J connectivity index is 2.46. The second-order valence-electron chi connectivity index (χ2n) is 5.45. The largest absolute Gasteiger partial charge is 0.444 e. The fourth-order valence-electron chi connectivity index (χ4n) is 1.79. The predicted octanol–water partition coefficient (Wildman–Crippen LogP) is 4.06. The molecular weight excluding hydrogens is 381 g/mol. The van der Waals surface area contributed by atoms with Crippen LogP contribution in [0.25, 0.3) is 10.9 Å². The van der Waals surface area contributed by atoms with Crippen LogP contribution < -0.4 is 5.32 Å². The molecule has 0 fully saturated rings. The first-order valence-corrected chi connectivity index (χ1v) is 7.36. The third-order valence-corrected chi connectivity index (χ3v) is 3.25. The quantitative estimate of drug-likeness (QED) is 0.740. The Morgan fingerprint density at radius 2 is 2.14 bits per heavy atom. The van der Waals surface area contributed by atoms with Gasteiger partial charge in [-0.15, -0.1) is 0 Å². The lowest BCUT2D eigenvalue weighted by Crippen LogP contribution is -2.27. The van der Waals surface area contributed by atoms with Crippen LogP contribution in [0.1, 0.15) is 26.3 Å². The molecule has 1 aromatic heterocycles. The first-order chi connectivity index (χ1) is 9.80. The summed E-state index contributed by atoms with van der Waals surface area (Å²) in [5.74, 6) is 0. The van der Waals surface area contributed by atoms with Crippen molar-refractivity contribution in [3.05, 3.63) is 33.5 Å². The molecule has 5 nitrogen and oxygen atoms in total. The number of pyridine rings is 1. The molecule has 0 aliphatic heterocycles. The van der Waals surface area contributed by atoms with Crippen molar-refractivity contribution >= 4 is 45.3 Å². The van der Waals surface area contributed by atoms with Gasteiger partial charge in [0.15, 0.2) is 0 Å². The first kappa shape index (κ1) is 15.5. The van der Waals surface area contributed by atoms with Gasteiger partial charge in [0, 0.05) is 15.2 Å². The molecule has 0 bridgehead atoms. The van der Waals surface area contributed by atoms with Gasteiger partial charge >= 0.3 is 6.09 Å². The van der Waals surface area contributed by atoms with Gasteiger partial charge in [-0.25, -0.2) is 4.79 Å². The van der Waals surface area contributed by atoms with Crippen molar-refractivity contribution < 1.29 is 9.53 Å². The molecule has 2 aromatic rings. The smallest absolute Gasteiger partial charge is 0.412 e. The van der Waals surface area contributed by atoms with E-state index in [2.05, 4.69) is 32.9 Å². The lowest BCUT2D eigenvalue weighted by molar-refractivity contribution is 0.0636. The average molecular weight is 395 g/mol. The second-order valence-corrected chi connectivity index (χ2v) is 6.69. The molecule has 21 heavy (non-hydrogen) atoms. The summed E-state index contributed by atoms with van der Waals surface area (Å²) in [6.45, 7) is 5.35. The van der Waals surface area contributed by atoms with Crippen LogP contribution in [0.2, 0.25) is 0 Å². The number of fused-ring (bicyclic) bond motifs is 1. The van der Waals surface area contributed by atoms with Crippen molar-refractivity contribution in [2.24, 2.45) is 0 Å². The average Bonchev–Trinajstić information content (AvgIpc) is 2.36. The minimum atomic E-state index is -0.602. The number of hydrogen-bond acceptors (Lipinski definition) is 4. The number of nitriles is 1. The van der Waals surface area contributed by atoms with Crippen molar-refractivity contribution in [2.75, 3.05) is 5.32 Å². The molecule has 0 saturated carbocycles.